The summed E-state index contributed by atoms with van der Waals surface area (Å²) in [6.45, 7) is 12.3. The van der Waals surface area contributed by atoms with Crippen molar-refractivity contribution >= 4 is 5.91 Å². The predicted octanol–water partition coefficient (Wildman–Crippen LogP) is 3.28. The van der Waals surface area contributed by atoms with Crippen molar-refractivity contribution in [1.29, 1.82) is 0 Å². The molecule has 1 amide bonds. The molecule has 0 bridgehead atoms. The van der Waals surface area contributed by atoms with Crippen molar-refractivity contribution in [3.05, 3.63) is 35.4 Å². The molecule has 0 aromatic heterocycles. The van der Waals surface area contributed by atoms with Crippen molar-refractivity contribution in [3.63, 3.8) is 0 Å². The molecule has 0 saturated carbocycles. The largest absolute Gasteiger partial charge is 0.379 e. The highest BCUT2D eigenvalue weighted by Crippen LogP contribution is 2.20. The van der Waals surface area contributed by atoms with Crippen LogP contribution in [-0.4, -0.2) is 60.6 Å². The Morgan fingerprint density at radius 3 is 2.60 bits per heavy atom. The van der Waals surface area contributed by atoms with E-state index in [1.54, 1.807) is 7.11 Å². The van der Waals surface area contributed by atoms with Gasteiger partial charge in [-0.1, -0.05) is 24.3 Å². The number of benzene rings is 1. The first kappa shape index (κ1) is 19.9. The number of ether oxygens (including phenoxy) is 1. The van der Waals surface area contributed by atoms with Gasteiger partial charge in [-0.25, -0.2) is 0 Å². The molecule has 1 saturated heterocycles. The van der Waals surface area contributed by atoms with Gasteiger partial charge in [0.2, 0.25) is 5.91 Å². The fourth-order valence-corrected chi connectivity index (χ4v) is 3.63. The quantitative estimate of drug-likeness (QED) is 0.792. The number of hydrogen-bond acceptors (Lipinski definition) is 3. The molecule has 1 atom stereocenters. The highest BCUT2D eigenvalue weighted by Gasteiger charge is 2.26. The maximum Gasteiger partial charge on any atom is 0.227 e. The van der Waals surface area contributed by atoms with Crippen molar-refractivity contribution in [3.8, 4) is 0 Å². The Balaban J connectivity index is 1.90. The Morgan fingerprint density at radius 1 is 1.20 bits per heavy atom. The molecular weight excluding hydrogens is 312 g/mol. The third-order valence-corrected chi connectivity index (χ3v) is 5.45. The number of rotatable bonds is 6. The normalized spacial score (nSPS) is 18.0. The minimum absolute atomic E-state index is 0.105. The number of methoxy groups -OCH3 is 1. The standard InChI is InChI=1S/C21H34N2O2/c1-17-9-6-7-10-19(17)15-20(24)23-12-8-11-22(13-14-23)18(2)16-21(3,4)25-5/h6-7,9-10,18H,8,11-16H2,1-5H3. The number of amides is 1. The summed E-state index contributed by atoms with van der Waals surface area (Å²) in [4.78, 5) is 17.3. The van der Waals surface area contributed by atoms with Gasteiger partial charge in [-0.3, -0.25) is 9.69 Å². The van der Waals surface area contributed by atoms with E-state index in [4.69, 9.17) is 4.74 Å². The Hall–Kier alpha value is -1.39. The summed E-state index contributed by atoms with van der Waals surface area (Å²) in [5.74, 6) is 0.251. The van der Waals surface area contributed by atoms with Gasteiger partial charge >= 0.3 is 0 Å². The van der Waals surface area contributed by atoms with Gasteiger partial charge in [0, 0.05) is 39.3 Å². The van der Waals surface area contributed by atoms with Crippen molar-refractivity contribution in [1.82, 2.24) is 9.80 Å². The summed E-state index contributed by atoms with van der Waals surface area (Å²) in [5.41, 5.74) is 2.23. The van der Waals surface area contributed by atoms with Crippen molar-refractivity contribution in [2.75, 3.05) is 33.3 Å². The topological polar surface area (TPSA) is 32.8 Å². The van der Waals surface area contributed by atoms with Crippen LogP contribution in [0, 0.1) is 6.92 Å². The van der Waals surface area contributed by atoms with Crippen LogP contribution in [0.15, 0.2) is 24.3 Å². The zero-order chi connectivity index (χ0) is 18.4. The molecule has 0 aliphatic carbocycles. The maximum atomic E-state index is 12.7. The highest BCUT2D eigenvalue weighted by atomic mass is 16.5. The van der Waals surface area contributed by atoms with Crippen LogP contribution in [0.3, 0.4) is 0 Å². The van der Waals surface area contributed by atoms with E-state index in [2.05, 4.69) is 44.7 Å². The third kappa shape index (κ3) is 5.82. The van der Waals surface area contributed by atoms with Gasteiger partial charge in [-0.2, -0.15) is 0 Å². The molecule has 140 valence electrons. The van der Waals surface area contributed by atoms with Crippen LogP contribution in [0.1, 0.15) is 44.7 Å². The smallest absolute Gasteiger partial charge is 0.227 e. The second kappa shape index (κ2) is 8.81. The average Bonchev–Trinajstić information content (AvgIpc) is 2.83. The average molecular weight is 347 g/mol. The van der Waals surface area contributed by atoms with E-state index in [9.17, 15) is 4.79 Å². The van der Waals surface area contributed by atoms with E-state index in [1.165, 1.54) is 5.56 Å². The van der Waals surface area contributed by atoms with Crippen LogP contribution in [0.2, 0.25) is 0 Å². The second-order valence-corrected chi connectivity index (χ2v) is 7.89. The summed E-state index contributed by atoms with van der Waals surface area (Å²) < 4.78 is 5.58. The van der Waals surface area contributed by atoms with E-state index in [0.717, 1.165) is 44.6 Å². The molecule has 0 spiro atoms. The summed E-state index contributed by atoms with van der Waals surface area (Å²) in [7, 11) is 1.78. The predicted molar refractivity (Wildman–Crippen MR) is 103 cm³/mol. The van der Waals surface area contributed by atoms with Crippen LogP contribution >= 0.6 is 0 Å². The van der Waals surface area contributed by atoms with E-state index < -0.39 is 0 Å². The van der Waals surface area contributed by atoms with Gasteiger partial charge < -0.3 is 9.64 Å². The molecule has 1 unspecified atom stereocenters. The summed E-state index contributed by atoms with van der Waals surface area (Å²) in [6.07, 6.45) is 2.55. The molecule has 1 aromatic carbocycles. The van der Waals surface area contributed by atoms with Gasteiger partial charge in [0.25, 0.3) is 0 Å². The van der Waals surface area contributed by atoms with Gasteiger partial charge in [-0.05, 0) is 51.7 Å². The molecule has 25 heavy (non-hydrogen) atoms. The number of carbonyl (C=O) groups is 1. The molecule has 2 rings (SSSR count). The Kier molecular flexibility index (Phi) is 7.03. The first-order valence-corrected chi connectivity index (χ1v) is 9.44. The lowest BCUT2D eigenvalue weighted by Crippen LogP contribution is -2.42. The molecule has 1 heterocycles. The molecule has 1 aliphatic heterocycles. The first-order chi connectivity index (χ1) is 11.8. The lowest BCUT2D eigenvalue weighted by Gasteiger charge is -2.33. The Morgan fingerprint density at radius 2 is 1.92 bits per heavy atom. The zero-order valence-corrected chi connectivity index (χ0v) is 16.5. The molecule has 0 N–H and O–H groups in total. The molecular formula is C21H34N2O2. The van der Waals surface area contributed by atoms with Gasteiger partial charge in [0.05, 0.1) is 12.0 Å². The number of hydrogen-bond donors (Lipinski definition) is 0. The van der Waals surface area contributed by atoms with E-state index in [0.29, 0.717) is 12.5 Å². The molecule has 1 fully saturated rings. The van der Waals surface area contributed by atoms with Gasteiger partial charge in [-0.15, -0.1) is 0 Å². The van der Waals surface area contributed by atoms with Gasteiger partial charge in [0.15, 0.2) is 0 Å². The van der Waals surface area contributed by atoms with Gasteiger partial charge in [0.1, 0.15) is 0 Å². The summed E-state index contributed by atoms with van der Waals surface area (Å²) >= 11 is 0. The van der Waals surface area contributed by atoms with Crippen molar-refractivity contribution < 1.29 is 9.53 Å². The van der Waals surface area contributed by atoms with Crippen LogP contribution in [-0.2, 0) is 16.0 Å². The van der Waals surface area contributed by atoms with Crippen LogP contribution < -0.4 is 0 Å². The Labute approximate surface area is 153 Å². The zero-order valence-electron chi connectivity index (χ0n) is 16.5. The molecule has 4 heteroatoms. The fraction of sp³-hybridized carbons (Fsp3) is 0.667. The third-order valence-electron chi connectivity index (χ3n) is 5.45. The van der Waals surface area contributed by atoms with Crippen molar-refractivity contribution in [2.45, 2.75) is 58.6 Å². The second-order valence-electron chi connectivity index (χ2n) is 7.89. The first-order valence-electron chi connectivity index (χ1n) is 9.44. The number of nitrogens with zero attached hydrogens (tertiary/aromatic N) is 2. The van der Waals surface area contributed by atoms with E-state index >= 15 is 0 Å². The monoisotopic (exact) mass is 346 g/mol. The molecule has 1 aromatic rings. The summed E-state index contributed by atoms with van der Waals surface area (Å²) in [6, 6.07) is 8.63. The Bertz CT molecular complexity index is 571. The highest BCUT2D eigenvalue weighted by molar-refractivity contribution is 5.79. The van der Waals surface area contributed by atoms with E-state index in [-0.39, 0.29) is 11.5 Å². The summed E-state index contributed by atoms with van der Waals surface area (Å²) in [5, 5.41) is 0. The minimum Gasteiger partial charge on any atom is -0.379 e. The number of aryl methyl sites for hydroxylation is 1. The lowest BCUT2D eigenvalue weighted by molar-refractivity contribution is -0.130. The fourth-order valence-electron chi connectivity index (χ4n) is 3.63. The molecule has 1 aliphatic rings. The SMILES string of the molecule is COC(C)(C)CC(C)N1CCCN(C(=O)Cc2ccccc2C)CC1. The van der Waals surface area contributed by atoms with Crippen molar-refractivity contribution in [2.24, 2.45) is 0 Å². The van der Waals surface area contributed by atoms with Crippen LogP contribution in [0.25, 0.3) is 0 Å². The molecule has 0 radical (unpaired) electrons. The van der Waals surface area contributed by atoms with Crippen LogP contribution in [0.4, 0.5) is 0 Å². The lowest BCUT2D eigenvalue weighted by atomic mass is 9.98. The van der Waals surface area contributed by atoms with E-state index in [1.807, 2.05) is 17.0 Å². The van der Waals surface area contributed by atoms with Crippen LogP contribution in [0.5, 0.6) is 0 Å². The minimum atomic E-state index is -0.105. The molecule has 4 nitrogen and oxygen atoms in total. The maximum absolute atomic E-state index is 12.7. The number of carbonyl (C=O) groups excluding carboxylic acids is 1.